The molecule has 30 heavy (non-hydrogen) atoms. The summed E-state index contributed by atoms with van der Waals surface area (Å²) in [7, 11) is -2.42. The molecule has 0 heterocycles. The van der Waals surface area contributed by atoms with Gasteiger partial charge in [-0.1, -0.05) is 12.1 Å². The van der Waals surface area contributed by atoms with Crippen LogP contribution in [0.2, 0.25) is 0 Å². The summed E-state index contributed by atoms with van der Waals surface area (Å²) in [5.74, 6) is 0.537. The molecule has 0 unspecified atom stereocenters. The van der Waals surface area contributed by atoms with Crippen molar-refractivity contribution in [3.8, 4) is 5.75 Å². The lowest BCUT2D eigenvalue weighted by Gasteiger charge is -2.15. The Morgan fingerprint density at radius 1 is 1.20 bits per heavy atom. The van der Waals surface area contributed by atoms with Crippen LogP contribution >= 0.6 is 24.0 Å². The lowest BCUT2D eigenvalue weighted by Crippen LogP contribution is -2.39. The highest BCUT2D eigenvalue weighted by Crippen LogP contribution is 2.24. The molecular weight excluding hydrogens is 455 g/mol. The predicted molar refractivity (Wildman–Crippen MR) is 116 cm³/mol. The van der Waals surface area contributed by atoms with Crippen LogP contribution < -0.4 is 20.9 Å². The third-order valence-corrected chi connectivity index (χ3v) is 5.58. The van der Waals surface area contributed by atoms with E-state index in [1.54, 1.807) is 18.2 Å². The maximum atomic E-state index is 12.7. The average molecular weight is 477 g/mol. The minimum Gasteiger partial charge on any atom is -0.497 e. The topological polar surface area (TPSA) is 184 Å². The maximum Gasteiger partial charge on any atom is 0.241 e. The van der Waals surface area contributed by atoms with Crippen molar-refractivity contribution in [3.05, 3.63) is 36.4 Å². The number of carbonyl (C=O) groups is 1. The summed E-state index contributed by atoms with van der Waals surface area (Å²) in [4.78, 5) is 15.4. The van der Waals surface area contributed by atoms with Gasteiger partial charge in [0.05, 0.1) is 18.0 Å². The van der Waals surface area contributed by atoms with E-state index in [-0.39, 0.29) is 36.2 Å². The molecule has 2 aromatic carbocycles. The van der Waals surface area contributed by atoms with Crippen LogP contribution in [0.25, 0.3) is 10.8 Å². The smallest absolute Gasteiger partial charge is 0.241 e. The van der Waals surface area contributed by atoms with Crippen molar-refractivity contribution in [1.29, 1.82) is 10.8 Å². The molecule has 0 aliphatic heterocycles. The van der Waals surface area contributed by atoms with Crippen molar-refractivity contribution in [2.24, 2.45) is 16.5 Å². The highest BCUT2D eigenvalue weighted by Gasteiger charge is 2.24. The van der Waals surface area contributed by atoms with Crippen molar-refractivity contribution in [1.82, 2.24) is 4.72 Å². The molecule has 0 spiro atoms. The molecule has 0 aliphatic rings. The molecule has 0 bridgehead atoms. The molecule has 10 nitrogen and oxygen atoms in total. The van der Waals surface area contributed by atoms with Crippen LogP contribution in [0.1, 0.15) is 12.8 Å². The summed E-state index contributed by atoms with van der Waals surface area (Å²) in [5, 5.41) is 12.8. The van der Waals surface area contributed by atoms with Crippen LogP contribution in [-0.2, 0) is 14.8 Å². The number of fused-ring (bicyclic) bond motifs is 1. The number of hydrogen-bond donors (Lipinski definition) is 3. The van der Waals surface area contributed by atoms with Crippen molar-refractivity contribution in [3.63, 3.8) is 0 Å². The predicted octanol–water partition coefficient (Wildman–Crippen LogP) is 1.77. The second-order valence-corrected chi connectivity index (χ2v) is 7.89. The number of guanidine groups is 1. The van der Waals surface area contributed by atoms with E-state index in [9.17, 15) is 13.2 Å². The molecule has 0 aromatic heterocycles. The van der Waals surface area contributed by atoms with Gasteiger partial charge in [0.25, 0.3) is 0 Å². The van der Waals surface area contributed by atoms with Crippen LogP contribution in [0, 0.1) is 10.8 Å². The van der Waals surface area contributed by atoms with Gasteiger partial charge >= 0.3 is 0 Å². The molecule has 0 saturated heterocycles. The van der Waals surface area contributed by atoms with Gasteiger partial charge in [0.15, 0.2) is 5.96 Å². The Labute approximate surface area is 185 Å². The number of sulfonamides is 1. The molecule has 0 aliphatic carbocycles. The first-order valence-corrected chi connectivity index (χ1v) is 10.1. The molecule has 2 rings (SSSR count). The van der Waals surface area contributed by atoms with E-state index >= 15 is 0 Å². The number of rotatable bonds is 9. The van der Waals surface area contributed by atoms with E-state index < -0.39 is 21.3 Å². The molecule has 0 saturated carbocycles. The molecule has 13 heteroatoms. The van der Waals surface area contributed by atoms with Gasteiger partial charge in [0.1, 0.15) is 5.75 Å². The summed E-state index contributed by atoms with van der Waals surface area (Å²) in [5.41, 5.74) is 10.5. The van der Waals surface area contributed by atoms with Crippen molar-refractivity contribution < 1.29 is 17.9 Å². The minimum absolute atomic E-state index is 0. The Kier molecular flexibility index (Phi) is 11.7. The van der Waals surface area contributed by atoms with Gasteiger partial charge in [-0.25, -0.2) is 8.42 Å². The Morgan fingerprint density at radius 2 is 1.83 bits per heavy atom. The fourth-order valence-corrected chi connectivity index (χ4v) is 3.97. The second kappa shape index (κ2) is 12.8. The summed E-state index contributed by atoms with van der Waals surface area (Å²) < 4.78 is 32.8. The molecule has 1 atom stereocenters. The number of ether oxygens (including phenoxy) is 1. The van der Waals surface area contributed by atoms with Crippen LogP contribution in [0.5, 0.6) is 5.75 Å². The van der Waals surface area contributed by atoms with E-state index in [4.69, 9.17) is 38.6 Å². The SMILES string of the molecule is COc1ccc2ccc(S(=O)(=O)N[C@@H](CCCN=C(N)N)C(=O)Cl)cc2c1.Cl.N#N. The van der Waals surface area contributed by atoms with Crippen molar-refractivity contribution in [2.45, 2.75) is 23.8 Å². The number of hydrogen-bond acceptors (Lipinski definition) is 7. The number of methoxy groups -OCH3 is 1. The molecule has 0 amide bonds. The van der Waals surface area contributed by atoms with Crippen LogP contribution in [0.3, 0.4) is 0 Å². The highest BCUT2D eigenvalue weighted by atomic mass is 35.5. The van der Waals surface area contributed by atoms with Crippen LogP contribution in [-0.4, -0.2) is 39.3 Å². The van der Waals surface area contributed by atoms with Gasteiger partial charge in [-0.15, -0.1) is 12.4 Å². The van der Waals surface area contributed by atoms with Gasteiger partial charge < -0.3 is 16.2 Å². The van der Waals surface area contributed by atoms with Gasteiger partial charge in [0.2, 0.25) is 15.3 Å². The first-order chi connectivity index (χ1) is 13.7. The van der Waals surface area contributed by atoms with E-state index in [2.05, 4.69) is 9.71 Å². The number of nitrogens with zero attached hydrogens (tertiary/aromatic N) is 3. The zero-order valence-corrected chi connectivity index (χ0v) is 18.4. The largest absolute Gasteiger partial charge is 0.497 e. The lowest BCUT2D eigenvalue weighted by molar-refractivity contribution is -0.113. The average Bonchev–Trinajstić information content (AvgIpc) is 2.70. The van der Waals surface area contributed by atoms with E-state index in [0.29, 0.717) is 17.6 Å². The first-order valence-electron chi connectivity index (χ1n) is 8.28. The number of aliphatic imine (C=N–C) groups is 1. The van der Waals surface area contributed by atoms with Crippen LogP contribution in [0.4, 0.5) is 0 Å². The van der Waals surface area contributed by atoms with Gasteiger partial charge in [-0.3, -0.25) is 9.79 Å². The number of nitrogens with two attached hydrogens (primary N) is 2. The van der Waals surface area contributed by atoms with Gasteiger partial charge in [0, 0.05) is 17.3 Å². The quantitative estimate of drug-likeness (QED) is 0.160. The van der Waals surface area contributed by atoms with Crippen LogP contribution in [0.15, 0.2) is 46.3 Å². The fourth-order valence-electron chi connectivity index (χ4n) is 2.47. The van der Waals surface area contributed by atoms with Crippen molar-refractivity contribution in [2.75, 3.05) is 13.7 Å². The Morgan fingerprint density at radius 3 is 2.40 bits per heavy atom. The standard InChI is InChI=1S/C17H21ClN4O4S.ClH.N2/c1-26-13-6-4-11-5-7-14(10-12(11)9-13)27(24,25)22-15(16(18)23)3-2-8-21-17(19)20;;1-2/h4-7,9-10,15,22H,2-3,8H2,1H3,(H4,19,20,21);1H;/t15-;;/m0../s1. The highest BCUT2D eigenvalue weighted by molar-refractivity contribution is 7.89. The Bertz CT molecular complexity index is 1010. The summed E-state index contributed by atoms with van der Waals surface area (Å²) >= 11 is 5.55. The maximum absolute atomic E-state index is 12.7. The zero-order chi connectivity index (χ0) is 22.0. The summed E-state index contributed by atoms with van der Waals surface area (Å²) in [6, 6.07) is 8.92. The van der Waals surface area contributed by atoms with Gasteiger partial charge in [-0.05, 0) is 59.5 Å². The normalized spacial score (nSPS) is 11.3. The molecule has 0 fully saturated rings. The molecule has 5 N–H and O–H groups in total. The molecular formula is C17H22Cl2N6O4S. The summed E-state index contributed by atoms with van der Waals surface area (Å²) in [6.07, 6.45) is 0.554. The van der Waals surface area contributed by atoms with E-state index in [1.165, 1.54) is 19.2 Å². The second-order valence-electron chi connectivity index (χ2n) is 5.80. The number of carbonyl (C=O) groups excluding carboxylic acids is 1. The third-order valence-electron chi connectivity index (χ3n) is 3.85. The van der Waals surface area contributed by atoms with E-state index in [1.807, 2.05) is 6.07 Å². The van der Waals surface area contributed by atoms with E-state index in [0.717, 1.165) is 5.39 Å². The Hall–Kier alpha value is -2.65. The number of halogens is 2. The summed E-state index contributed by atoms with van der Waals surface area (Å²) in [6.45, 7) is 0.264. The lowest BCUT2D eigenvalue weighted by atomic mass is 10.1. The minimum atomic E-state index is -3.95. The fraction of sp³-hybridized carbons (Fsp3) is 0.294. The Balaban J connectivity index is 0.00000272. The molecule has 164 valence electrons. The zero-order valence-electron chi connectivity index (χ0n) is 16.0. The van der Waals surface area contributed by atoms with Crippen molar-refractivity contribution >= 4 is 56.0 Å². The number of benzene rings is 2. The van der Waals surface area contributed by atoms with Gasteiger partial charge in [-0.2, -0.15) is 4.72 Å². The first kappa shape index (κ1) is 27.4. The monoisotopic (exact) mass is 476 g/mol. The number of nitrogens with one attached hydrogen (secondary N) is 1. The third kappa shape index (κ3) is 8.00. The molecule has 0 radical (unpaired) electrons. The molecule has 2 aromatic rings.